The third kappa shape index (κ3) is 3.89. The van der Waals surface area contributed by atoms with Crippen LogP contribution < -0.4 is 9.47 Å². The van der Waals surface area contributed by atoms with Gasteiger partial charge in [-0.3, -0.25) is 0 Å². The third-order valence-electron chi connectivity index (χ3n) is 2.89. The highest BCUT2D eigenvalue weighted by Crippen LogP contribution is 2.32. The molecule has 0 aliphatic carbocycles. The maximum Gasteiger partial charge on any atom is 0.231 e. The van der Waals surface area contributed by atoms with E-state index in [0.717, 1.165) is 50.4 Å². The highest BCUT2D eigenvalue weighted by Gasteiger charge is 2.12. The number of fused-ring (bicyclic) bond motifs is 1. The lowest BCUT2D eigenvalue weighted by molar-refractivity contribution is 0.123. The van der Waals surface area contributed by atoms with E-state index >= 15 is 0 Å². The van der Waals surface area contributed by atoms with Crippen molar-refractivity contribution in [1.82, 2.24) is 0 Å². The Labute approximate surface area is 107 Å². The molecular formula is C14H20O4. The zero-order valence-electron chi connectivity index (χ0n) is 10.6. The lowest BCUT2D eigenvalue weighted by atomic mass is 10.1. The van der Waals surface area contributed by atoms with E-state index < -0.39 is 0 Å². The van der Waals surface area contributed by atoms with Gasteiger partial charge in [0, 0.05) is 19.8 Å². The molecule has 0 atom stereocenters. The van der Waals surface area contributed by atoms with Gasteiger partial charge >= 0.3 is 0 Å². The van der Waals surface area contributed by atoms with Crippen molar-refractivity contribution >= 4 is 0 Å². The van der Waals surface area contributed by atoms with Crippen LogP contribution in [0.5, 0.6) is 11.5 Å². The van der Waals surface area contributed by atoms with Crippen molar-refractivity contribution in [3.05, 3.63) is 23.8 Å². The molecule has 18 heavy (non-hydrogen) atoms. The largest absolute Gasteiger partial charge is 0.454 e. The molecule has 1 aromatic rings. The van der Waals surface area contributed by atoms with Crippen LogP contribution in [0.25, 0.3) is 0 Å². The van der Waals surface area contributed by atoms with Crippen LogP contribution in [0.15, 0.2) is 18.2 Å². The van der Waals surface area contributed by atoms with E-state index in [2.05, 4.69) is 6.07 Å². The standard InChI is InChI=1S/C14H20O4/c15-7-1-2-8-16-9-3-4-12-5-6-13-14(10-12)18-11-17-13/h5-6,10,15H,1-4,7-9,11H2. The van der Waals surface area contributed by atoms with Crippen molar-refractivity contribution in [3.8, 4) is 11.5 Å². The van der Waals surface area contributed by atoms with Crippen molar-refractivity contribution in [2.24, 2.45) is 0 Å². The number of rotatable bonds is 8. The molecule has 2 rings (SSSR count). The summed E-state index contributed by atoms with van der Waals surface area (Å²) in [5, 5.41) is 8.62. The van der Waals surface area contributed by atoms with Gasteiger partial charge in [0.25, 0.3) is 0 Å². The Morgan fingerprint density at radius 3 is 2.78 bits per heavy atom. The van der Waals surface area contributed by atoms with Crippen molar-refractivity contribution in [1.29, 1.82) is 0 Å². The Morgan fingerprint density at radius 2 is 1.89 bits per heavy atom. The van der Waals surface area contributed by atoms with Gasteiger partial charge in [0.05, 0.1) is 0 Å². The van der Waals surface area contributed by atoms with E-state index in [-0.39, 0.29) is 6.61 Å². The number of hydrogen-bond acceptors (Lipinski definition) is 4. The van der Waals surface area contributed by atoms with Crippen LogP contribution in [-0.2, 0) is 11.2 Å². The van der Waals surface area contributed by atoms with Crippen molar-refractivity contribution in [2.45, 2.75) is 25.7 Å². The number of ether oxygens (including phenoxy) is 3. The first-order chi connectivity index (χ1) is 8.90. The fourth-order valence-electron chi connectivity index (χ4n) is 1.89. The molecule has 0 bridgehead atoms. The molecule has 1 N–H and O–H groups in total. The van der Waals surface area contributed by atoms with E-state index in [1.807, 2.05) is 12.1 Å². The monoisotopic (exact) mass is 252 g/mol. The van der Waals surface area contributed by atoms with Gasteiger partial charge < -0.3 is 19.3 Å². The Balaban J connectivity index is 1.62. The lowest BCUT2D eigenvalue weighted by Gasteiger charge is -2.05. The Bertz CT molecular complexity index is 365. The summed E-state index contributed by atoms with van der Waals surface area (Å²) >= 11 is 0. The number of benzene rings is 1. The normalized spacial score (nSPS) is 12.9. The Morgan fingerprint density at radius 1 is 1.06 bits per heavy atom. The molecule has 0 saturated heterocycles. The molecule has 0 spiro atoms. The first-order valence-corrected chi connectivity index (χ1v) is 6.47. The van der Waals surface area contributed by atoms with E-state index in [4.69, 9.17) is 19.3 Å². The van der Waals surface area contributed by atoms with Crippen LogP contribution in [-0.4, -0.2) is 31.7 Å². The highest BCUT2D eigenvalue weighted by atomic mass is 16.7. The number of aliphatic hydroxyl groups excluding tert-OH is 1. The molecular weight excluding hydrogens is 232 g/mol. The van der Waals surface area contributed by atoms with Gasteiger partial charge in [-0.25, -0.2) is 0 Å². The van der Waals surface area contributed by atoms with E-state index in [1.54, 1.807) is 0 Å². The van der Waals surface area contributed by atoms with Gasteiger partial charge in [-0.15, -0.1) is 0 Å². The van der Waals surface area contributed by atoms with Crippen LogP contribution >= 0.6 is 0 Å². The first kappa shape index (κ1) is 13.2. The van der Waals surface area contributed by atoms with Crippen LogP contribution in [0.2, 0.25) is 0 Å². The molecule has 0 saturated carbocycles. The van der Waals surface area contributed by atoms with Crippen LogP contribution in [0.4, 0.5) is 0 Å². The minimum atomic E-state index is 0.251. The molecule has 1 aromatic carbocycles. The second-order valence-electron chi connectivity index (χ2n) is 4.33. The topological polar surface area (TPSA) is 47.9 Å². The van der Waals surface area contributed by atoms with Crippen LogP contribution in [0.1, 0.15) is 24.8 Å². The second kappa shape index (κ2) is 7.24. The zero-order valence-corrected chi connectivity index (χ0v) is 10.6. The zero-order chi connectivity index (χ0) is 12.6. The van der Waals surface area contributed by atoms with Gasteiger partial charge in [-0.05, 0) is 43.4 Å². The summed E-state index contributed by atoms with van der Waals surface area (Å²) in [5.74, 6) is 1.68. The quantitative estimate of drug-likeness (QED) is 0.720. The van der Waals surface area contributed by atoms with E-state index in [9.17, 15) is 0 Å². The molecule has 1 heterocycles. The predicted octanol–water partition coefficient (Wildman–Crippen LogP) is 2.14. The lowest BCUT2D eigenvalue weighted by Crippen LogP contribution is -1.99. The Kier molecular flexibility index (Phi) is 5.30. The van der Waals surface area contributed by atoms with Crippen molar-refractivity contribution < 1.29 is 19.3 Å². The number of aryl methyl sites for hydroxylation is 1. The molecule has 0 unspecified atom stereocenters. The molecule has 0 aromatic heterocycles. The van der Waals surface area contributed by atoms with E-state index in [0.29, 0.717) is 6.79 Å². The average Bonchev–Trinajstić information content (AvgIpc) is 2.85. The van der Waals surface area contributed by atoms with Gasteiger partial charge in [0.1, 0.15) is 0 Å². The minimum absolute atomic E-state index is 0.251. The molecule has 1 aliphatic heterocycles. The van der Waals surface area contributed by atoms with Gasteiger partial charge in [0.15, 0.2) is 11.5 Å². The maximum atomic E-state index is 8.62. The second-order valence-corrected chi connectivity index (χ2v) is 4.33. The Hall–Kier alpha value is -1.26. The number of hydrogen-bond donors (Lipinski definition) is 1. The molecule has 100 valence electrons. The first-order valence-electron chi connectivity index (χ1n) is 6.47. The van der Waals surface area contributed by atoms with E-state index in [1.165, 1.54) is 5.56 Å². The summed E-state index contributed by atoms with van der Waals surface area (Å²) in [4.78, 5) is 0. The molecule has 4 nitrogen and oxygen atoms in total. The fourth-order valence-corrected chi connectivity index (χ4v) is 1.89. The highest BCUT2D eigenvalue weighted by molar-refractivity contribution is 5.44. The summed E-state index contributed by atoms with van der Waals surface area (Å²) in [5.41, 5.74) is 1.25. The predicted molar refractivity (Wildman–Crippen MR) is 68.0 cm³/mol. The van der Waals surface area contributed by atoms with Gasteiger partial charge in [-0.2, -0.15) is 0 Å². The van der Waals surface area contributed by atoms with Crippen molar-refractivity contribution in [2.75, 3.05) is 26.6 Å². The summed E-state index contributed by atoms with van der Waals surface area (Å²) in [6.45, 7) is 2.08. The number of aliphatic hydroxyl groups is 1. The van der Waals surface area contributed by atoms with Crippen LogP contribution in [0.3, 0.4) is 0 Å². The van der Waals surface area contributed by atoms with Crippen molar-refractivity contribution in [3.63, 3.8) is 0 Å². The smallest absolute Gasteiger partial charge is 0.231 e. The summed E-state index contributed by atoms with van der Waals surface area (Å²) in [7, 11) is 0. The minimum Gasteiger partial charge on any atom is -0.454 e. The molecule has 0 fully saturated rings. The molecule has 4 heteroatoms. The molecule has 0 radical (unpaired) electrons. The fraction of sp³-hybridized carbons (Fsp3) is 0.571. The summed E-state index contributed by atoms with van der Waals surface area (Å²) in [6.07, 6.45) is 3.73. The van der Waals surface area contributed by atoms with Gasteiger partial charge in [0.2, 0.25) is 6.79 Å². The SMILES string of the molecule is OCCCCOCCCc1ccc2c(c1)OCO2. The summed E-state index contributed by atoms with van der Waals surface area (Å²) in [6, 6.07) is 6.06. The average molecular weight is 252 g/mol. The maximum absolute atomic E-state index is 8.62. The summed E-state index contributed by atoms with van der Waals surface area (Å²) < 4.78 is 16.1. The third-order valence-corrected chi connectivity index (χ3v) is 2.89. The van der Waals surface area contributed by atoms with Gasteiger partial charge in [-0.1, -0.05) is 6.07 Å². The van der Waals surface area contributed by atoms with Crippen LogP contribution in [0, 0.1) is 0 Å². The molecule has 0 amide bonds. The number of unbranched alkanes of at least 4 members (excludes halogenated alkanes) is 1. The molecule has 1 aliphatic rings.